The van der Waals surface area contributed by atoms with Gasteiger partial charge in [-0.05, 0) is 41.8 Å². The van der Waals surface area contributed by atoms with E-state index >= 15 is 0 Å². The zero-order valence-electron chi connectivity index (χ0n) is 8.29. The Morgan fingerprint density at radius 1 is 1.50 bits per heavy atom. The van der Waals surface area contributed by atoms with E-state index in [9.17, 15) is 0 Å². The van der Waals surface area contributed by atoms with Crippen molar-refractivity contribution >= 4 is 22.9 Å². The molecule has 0 aromatic carbocycles. The van der Waals surface area contributed by atoms with Crippen molar-refractivity contribution in [2.45, 2.75) is 31.8 Å². The molecule has 3 heteroatoms. The molecule has 1 fully saturated rings. The van der Waals surface area contributed by atoms with Crippen molar-refractivity contribution in [3.8, 4) is 0 Å². The Bertz CT molecular complexity index is 260. The highest BCUT2D eigenvalue weighted by molar-refractivity contribution is 7.07. The number of hydrogen-bond acceptors (Lipinski definition) is 2. The minimum Gasteiger partial charge on any atom is -0.295 e. The summed E-state index contributed by atoms with van der Waals surface area (Å²) < 4.78 is 0. The Balaban J connectivity index is 1.94. The van der Waals surface area contributed by atoms with Crippen LogP contribution >= 0.6 is 22.9 Å². The summed E-state index contributed by atoms with van der Waals surface area (Å²) >= 11 is 7.75. The van der Waals surface area contributed by atoms with Crippen molar-refractivity contribution in [2.24, 2.45) is 0 Å². The largest absolute Gasteiger partial charge is 0.295 e. The maximum atomic E-state index is 5.98. The standard InChI is InChI=1S/C11H16ClNS/c12-7-11-3-1-2-5-13(11)8-10-4-6-14-9-10/h4,6,9,11H,1-3,5,7-8H2. The van der Waals surface area contributed by atoms with Crippen molar-refractivity contribution in [3.63, 3.8) is 0 Å². The molecule has 78 valence electrons. The van der Waals surface area contributed by atoms with E-state index in [1.165, 1.54) is 31.4 Å². The molecule has 0 radical (unpaired) electrons. The number of hydrogen-bond donors (Lipinski definition) is 0. The molecule has 2 rings (SSSR count). The van der Waals surface area contributed by atoms with E-state index in [2.05, 4.69) is 21.7 Å². The van der Waals surface area contributed by atoms with Crippen LogP contribution in [0.2, 0.25) is 0 Å². The fourth-order valence-electron chi connectivity index (χ4n) is 2.06. The van der Waals surface area contributed by atoms with Crippen LogP contribution in [0, 0.1) is 0 Å². The summed E-state index contributed by atoms with van der Waals surface area (Å²) in [6, 6.07) is 2.82. The molecule has 1 aliphatic rings. The highest BCUT2D eigenvalue weighted by atomic mass is 35.5. The van der Waals surface area contributed by atoms with E-state index in [0.29, 0.717) is 6.04 Å². The Morgan fingerprint density at radius 3 is 3.14 bits per heavy atom. The van der Waals surface area contributed by atoms with Crippen LogP contribution < -0.4 is 0 Å². The first-order chi connectivity index (χ1) is 6.90. The second kappa shape index (κ2) is 5.15. The lowest BCUT2D eigenvalue weighted by atomic mass is 10.0. The number of piperidine rings is 1. The highest BCUT2D eigenvalue weighted by Crippen LogP contribution is 2.21. The molecular formula is C11H16ClNS. The summed E-state index contributed by atoms with van der Waals surface area (Å²) in [5.74, 6) is 0.782. The lowest BCUT2D eigenvalue weighted by Crippen LogP contribution is -2.39. The Morgan fingerprint density at radius 2 is 2.43 bits per heavy atom. The predicted molar refractivity (Wildman–Crippen MR) is 63.1 cm³/mol. The van der Waals surface area contributed by atoms with Gasteiger partial charge in [-0.15, -0.1) is 11.6 Å². The monoisotopic (exact) mass is 229 g/mol. The fourth-order valence-corrected chi connectivity index (χ4v) is 3.07. The van der Waals surface area contributed by atoms with Crippen molar-refractivity contribution in [2.75, 3.05) is 12.4 Å². The molecule has 1 nitrogen and oxygen atoms in total. The van der Waals surface area contributed by atoms with E-state index in [1.807, 2.05) is 0 Å². The van der Waals surface area contributed by atoms with Crippen LogP contribution in [0.3, 0.4) is 0 Å². The summed E-state index contributed by atoms with van der Waals surface area (Å²) in [6.45, 7) is 2.30. The number of halogens is 1. The summed E-state index contributed by atoms with van der Waals surface area (Å²) in [5, 5.41) is 4.38. The van der Waals surface area contributed by atoms with Gasteiger partial charge in [0.25, 0.3) is 0 Å². The van der Waals surface area contributed by atoms with Crippen LogP contribution in [-0.2, 0) is 6.54 Å². The lowest BCUT2D eigenvalue weighted by molar-refractivity contribution is 0.155. The third kappa shape index (κ3) is 2.50. The van der Waals surface area contributed by atoms with Gasteiger partial charge in [0.15, 0.2) is 0 Å². The van der Waals surface area contributed by atoms with Gasteiger partial charge in [0, 0.05) is 18.5 Å². The Hall–Kier alpha value is -0.0500. The molecule has 0 saturated carbocycles. The quantitative estimate of drug-likeness (QED) is 0.719. The van der Waals surface area contributed by atoms with Crippen LogP contribution in [0.4, 0.5) is 0 Å². The lowest BCUT2D eigenvalue weighted by Gasteiger charge is -2.34. The third-order valence-corrected chi connectivity index (χ3v) is 3.98. The minimum atomic E-state index is 0.602. The van der Waals surface area contributed by atoms with Gasteiger partial charge in [0.05, 0.1) is 0 Å². The van der Waals surface area contributed by atoms with Crippen molar-refractivity contribution < 1.29 is 0 Å². The molecule has 0 amide bonds. The molecule has 1 aromatic rings. The van der Waals surface area contributed by atoms with Crippen LogP contribution in [0.15, 0.2) is 16.8 Å². The van der Waals surface area contributed by atoms with Crippen LogP contribution in [0.1, 0.15) is 24.8 Å². The van der Waals surface area contributed by atoms with Crippen molar-refractivity contribution in [1.82, 2.24) is 4.90 Å². The molecule has 1 atom stereocenters. The predicted octanol–water partition coefficient (Wildman–Crippen LogP) is 3.34. The van der Waals surface area contributed by atoms with Gasteiger partial charge in [-0.25, -0.2) is 0 Å². The Kier molecular flexibility index (Phi) is 3.85. The number of rotatable bonds is 3. The first kappa shape index (κ1) is 10.5. The van der Waals surface area contributed by atoms with E-state index in [-0.39, 0.29) is 0 Å². The molecule has 0 N–H and O–H groups in total. The van der Waals surface area contributed by atoms with Crippen LogP contribution in [0.5, 0.6) is 0 Å². The molecule has 0 spiro atoms. The second-order valence-corrected chi connectivity index (χ2v) is 4.99. The smallest absolute Gasteiger partial charge is 0.0379 e. The summed E-state index contributed by atoms with van der Waals surface area (Å²) in [6.07, 6.45) is 3.95. The Labute approximate surface area is 94.7 Å². The molecule has 1 aromatic heterocycles. The van der Waals surface area contributed by atoms with Gasteiger partial charge in [-0.2, -0.15) is 11.3 Å². The zero-order chi connectivity index (χ0) is 9.80. The molecular weight excluding hydrogens is 214 g/mol. The number of nitrogens with zero attached hydrogens (tertiary/aromatic N) is 1. The normalized spacial score (nSPS) is 23.9. The van der Waals surface area contributed by atoms with Crippen molar-refractivity contribution in [3.05, 3.63) is 22.4 Å². The zero-order valence-corrected chi connectivity index (χ0v) is 9.86. The van der Waals surface area contributed by atoms with E-state index < -0.39 is 0 Å². The molecule has 1 unspecified atom stereocenters. The summed E-state index contributed by atoms with van der Waals surface area (Å²) in [5.41, 5.74) is 1.44. The molecule has 1 saturated heterocycles. The number of thiophene rings is 1. The minimum absolute atomic E-state index is 0.602. The second-order valence-electron chi connectivity index (χ2n) is 3.91. The molecule has 2 heterocycles. The van der Waals surface area contributed by atoms with Crippen molar-refractivity contribution in [1.29, 1.82) is 0 Å². The number of alkyl halides is 1. The van der Waals surface area contributed by atoms with E-state index in [0.717, 1.165) is 12.4 Å². The molecule has 0 bridgehead atoms. The molecule has 14 heavy (non-hydrogen) atoms. The maximum absolute atomic E-state index is 5.98. The van der Waals surface area contributed by atoms with E-state index in [1.54, 1.807) is 11.3 Å². The van der Waals surface area contributed by atoms with Gasteiger partial charge in [0.2, 0.25) is 0 Å². The molecule has 0 aliphatic carbocycles. The summed E-state index contributed by atoms with van der Waals surface area (Å²) in [7, 11) is 0. The van der Waals surface area contributed by atoms with Gasteiger partial charge >= 0.3 is 0 Å². The topological polar surface area (TPSA) is 3.24 Å². The van der Waals surface area contributed by atoms with Gasteiger partial charge in [-0.3, -0.25) is 4.90 Å². The number of likely N-dealkylation sites (tertiary alicyclic amines) is 1. The average Bonchev–Trinajstić information content (AvgIpc) is 2.71. The summed E-state index contributed by atoms with van der Waals surface area (Å²) in [4.78, 5) is 2.53. The maximum Gasteiger partial charge on any atom is 0.0379 e. The SMILES string of the molecule is ClCC1CCCCN1Cc1ccsc1. The van der Waals surface area contributed by atoms with Gasteiger partial charge in [0.1, 0.15) is 0 Å². The van der Waals surface area contributed by atoms with E-state index in [4.69, 9.17) is 11.6 Å². The van der Waals surface area contributed by atoms with Gasteiger partial charge in [-0.1, -0.05) is 6.42 Å². The fraction of sp³-hybridized carbons (Fsp3) is 0.636. The van der Waals surface area contributed by atoms with Gasteiger partial charge < -0.3 is 0 Å². The first-order valence-corrected chi connectivity index (χ1v) is 6.69. The molecule has 1 aliphatic heterocycles. The first-order valence-electron chi connectivity index (χ1n) is 5.21. The average molecular weight is 230 g/mol. The third-order valence-electron chi connectivity index (χ3n) is 2.89. The van der Waals surface area contributed by atoms with Crippen LogP contribution in [-0.4, -0.2) is 23.4 Å². The highest BCUT2D eigenvalue weighted by Gasteiger charge is 2.21. The van der Waals surface area contributed by atoms with Crippen LogP contribution in [0.25, 0.3) is 0 Å².